The second kappa shape index (κ2) is 3.85. The molecule has 0 radical (unpaired) electrons. The fourth-order valence-electron chi connectivity index (χ4n) is 2.73. The maximum Gasteiger partial charge on any atom is 0.153 e. The number of H-pyrrole nitrogens is 1. The number of para-hydroxylation sites is 1. The zero-order valence-corrected chi connectivity index (χ0v) is 11.5. The molecule has 94 valence electrons. The van der Waals surface area contributed by atoms with Crippen molar-refractivity contribution in [3.63, 3.8) is 0 Å². The van der Waals surface area contributed by atoms with Gasteiger partial charge in [0.15, 0.2) is 6.23 Å². The summed E-state index contributed by atoms with van der Waals surface area (Å²) < 4.78 is 1.01. The summed E-state index contributed by atoms with van der Waals surface area (Å²) in [6.45, 7) is 0. The van der Waals surface area contributed by atoms with Crippen LogP contribution in [0, 0.1) is 0 Å². The molecule has 3 N–H and O–H groups in total. The van der Waals surface area contributed by atoms with Gasteiger partial charge in [-0.25, -0.2) is 0 Å². The van der Waals surface area contributed by atoms with Crippen LogP contribution in [0.15, 0.2) is 46.9 Å². The van der Waals surface area contributed by atoms with Crippen molar-refractivity contribution >= 4 is 32.5 Å². The molecule has 0 spiro atoms. The van der Waals surface area contributed by atoms with Gasteiger partial charge in [0.1, 0.15) is 0 Å². The molecule has 0 aliphatic carbocycles. The first-order valence-corrected chi connectivity index (χ1v) is 6.88. The van der Waals surface area contributed by atoms with Crippen molar-refractivity contribution in [2.45, 2.75) is 6.23 Å². The van der Waals surface area contributed by atoms with Gasteiger partial charge in [0.25, 0.3) is 0 Å². The van der Waals surface area contributed by atoms with Crippen LogP contribution in [0.1, 0.15) is 11.8 Å². The molecule has 2 heterocycles. The predicted molar refractivity (Wildman–Crippen MR) is 80.0 cm³/mol. The zero-order valence-electron chi connectivity index (χ0n) is 9.94. The molecule has 4 heteroatoms. The van der Waals surface area contributed by atoms with Crippen LogP contribution in [0.25, 0.3) is 22.2 Å². The van der Waals surface area contributed by atoms with Crippen LogP contribution in [-0.4, -0.2) is 10.1 Å². The summed E-state index contributed by atoms with van der Waals surface area (Å²) >= 11 is 3.48. The Labute approximate surface area is 118 Å². The topological polar surface area (TPSA) is 48.0 Å². The Kier molecular flexibility index (Phi) is 2.25. The Morgan fingerprint density at radius 1 is 1.11 bits per heavy atom. The molecular weight excluding hydrogens is 304 g/mol. The number of halogens is 1. The van der Waals surface area contributed by atoms with Gasteiger partial charge in [0, 0.05) is 32.2 Å². The van der Waals surface area contributed by atoms with E-state index in [9.17, 15) is 5.11 Å². The van der Waals surface area contributed by atoms with Gasteiger partial charge in [-0.1, -0.05) is 34.1 Å². The highest BCUT2D eigenvalue weighted by Crippen LogP contribution is 2.43. The fraction of sp³-hybridized carbons (Fsp3) is 0.0667. The van der Waals surface area contributed by atoms with E-state index < -0.39 is 6.23 Å². The van der Waals surface area contributed by atoms with Gasteiger partial charge in [-0.15, -0.1) is 0 Å². The molecule has 2 aromatic carbocycles. The third kappa shape index (κ3) is 1.54. The van der Waals surface area contributed by atoms with Gasteiger partial charge in [-0.2, -0.15) is 0 Å². The minimum absolute atomic E-state index is 0.687. The number of benzene rings is 2. The Balaban J connectivity index is 2.11. The van der Waals surface area contributed by atoms with Crippen molar-refractivity contribution in [1.29, 1.82) is 0 Å². The van der Waals surface area contributed by atoms with Crippen molar-refractivity contribution in [2.75, 3.05) is 5.32 Å². The van der Waals surface area contributed by atoms with E-state index in [0.29, 0.717) is 0 Å². The number of aromatic nitrogens is 1. The van der Waals surface area contributed by atoms with Crippen LogP contribution in [0.3, 0.4) is 0 Å². The van der Waals surface area contributed by atoms with E-state index in [1.54, 1.807) is 0 Å². The molecule has 1 aliphatic rings. The van der Waals surface area contributed by atoms with E-state index in [1.165, 1.54) is 0 Å². The lowest BCUT2D eigenvalue weighted by molar-refractivity contribution is 0.209. The monoisotopic (exact) mass is 314 g/mol. The molecule has 1 atom stereocenters. The van der Waals surface area contributed by atoms with Gasteiger partial charge in [-0.05, 0) is 24.3 Å². The van der Waals surface area contributed by atoms with Crippen LogP contribution in [0.5, 0.6) is 0 Å². The highest BCUT2D eigenvalue weighted by Gasteiger charge is 2.26. The molecule has 0 saturated heterocycles. The number of aliphatic hydroxyl groups is 1. The number of hydrogen-bond acceptors (Lipinski definition) is 2. The summed E-state index contributed by atoms with van der Waals surface area (Å²) in [7, 11) is 0. The number of fused-ring (bicyclic) bond motifs is 5. The molecule has 0 fully saturated rings. The first-order chi connectivity index (χ1) is 9.24. The first kappa shape index (κ1) is 11.1. The lowest BCUT2D eigenvalue weighted by Crippen LogP contribution is -2.15. The first-order valence-electron chi connectivity index (χ1n) is 6.09. The number of nitrogens with one attached hydrogen (secondary N) is 2. The van der Waals surface area contributed by atoms with Gasteiger partial charge in [0.05, 0.1) is 5.69 Å². The van der Waals surface area contributed by atoms with Crippen LogP contribution in [0.2, 0.25) is 0 Å². The summed E-state index contributed by atoms with van der Waals surface area (Å²) in [6, 6.07) is 14.0. The minimum atomic E-state index is -0.687. The van der Waals surface area contributed by atoms with Crippen molar-refractivity contribution in [3.8, 4) is 11.3 Å². The third-order valence-corrected chi connectivity index (χ3v) is 4.06. The van der Waals surface area contributed by atoms with E-state index in [-0.39, 0.29) is 0 Å². The van der Waals surface area contributed by atoms with Crippen LogP contribution >= 0.6 is 15.9 Å². The molecule has 3 aromatic rings. The smallest absolute Gasteiger partial charge is 0.153 e. The molecule has 1 unspecified atom stereocenters. The molecule has 0 saturated carbocycles. The van der Waals surface area contributed by atoms with E-state index in [1.807, 2.05) is 36.4 Å². The van der Waals surface area contributed by atoms with Gasteiger partial charge < -0.3 is 15.4 Å². The molecule has 0 amide bonds. The summed E-state index contributed by atoms with van der Waals surface area (Å²) in [4.78, 5) is 3.41. The maximum atomic E-state index is 10.3. The summed E-state index contributed by atoms with van der Waals surface area (Å²) in [5, 5.41) is 14.5. The van der Waals surface area contributed by atoms with Crippen molar-refractivity contribution in [3.05, 3.63) is 52.5 Å². The zero-order chi connectivity index (χ0) is 13.0. The Bertz CT molecular complexity index is 794. The molecule has 19 heavy (non-hydrogen) atoms. The quantitative estimate of drug-likeness (QED) is 0.587. The van der Waals surface area contributed by atoms with E-state index in [4.69, 9.17) is 0 Å². The molecule has 4 rings (SSSR count). The Hall–Kier alpha value is -1.78. The van der Waals surface area contributed by atoms with E-state index in [2.05, 4.69) is 32.3 Å². The van der Waals surface area contributed by atoms with Crippen LogP contribution in [-0.2, 0) is 0 Å². The highest BCUT2D eigenvalue weighted by molar-refractivity contribution is 9.10. The van der Waals surface area contributed by atoms with Crippen molar-refractivity contribution < 1.29 is 5.11 Å². The average Bonchev–Trinajstić information content (AvgIpc) is 2.78. The van der Waals surface area contributed by atoms with Crippen molar-refractivity contribution in [1.82, 2.24) is 4.98 Å². The molecule has 3 nitrogen and oxygen atoms in total. The van der Waals surface area contributed by atoms with Crippen molar-refractivity contribution in [2.24, 2.45) is 0 Å². The summed E-state index contributed by atoms with van der Waals surface area (Å²) in [5.41, 5.74) is 4.99. The molecule has 0 bridgehead atoms. The normalized spacial score (nSPS) is 16.8. The largest absolute Gasteiger partial charge is 0.369 e. The number of hydrogen-bond donors (Lipinski definition) is 3. The molecular formula is C15H11BrN2O. The third-order valence-electron chi connectivity index (χ3n) is 3.56. The average molecular weight is 315 g/mol. The molecule has 1 aromatic heterocycles. The summed E-state index contributed by atoms with van der Waals surface area (Å²) in [5.74, 6) is 0. The second-order valence-electron chi connectivity index (χ2n) is 4.70. The van der Waals surface area contributed by atoms with Crippen LogP contribution in [0.4, 0.5) is 5.69 Å². The van der Waals surface area contributed by atoms with Crippen LogP contribution < -0.4 is 5.32 Å². The number of aliphatic hydroxyl groups excluding tert-OH is 1. The fourth-order valence-corrected chi connectivity index (χ4v) is 3.09. The number of anilines is 1. The van der Waals surface area contributed by atoms with Gasteiger partial charge >= 0.3 is 0 Å². The van der Waals surface area contributed by atoms with Gasteiger partial charge in [-0.3, -0.25) is 0 Å². The summed E-state index contributed by atoms with van der Waals surface area (Å²) in [6.07, 6.45) is -0.687. The number of rotatable bonds is 0. The standard InChI is InChI=1S/C15H11BrN2O/c16-8-5-6-12-10(7-8)13-14(17-12)9-3-1-2-4-11(9)18-15(13)19/h1-7,15,17-19H. The Morgan fingerprint density at radius 2 is 1.95 bits per heavy atom. The lowest BCUT2D eigenvalue weighted by atomic mass is 9.98. The van der Waals surface area contributed by atoms with Gasteiger partial charge in [0.2, 0.25) is 0 Å². The maximum absolute atomic E-state index is 10.3. The minimum Gasteiger partial charge on any atom is -0.369 e. The Morgan fingerprint density at radius 3 is 2.84 bits per heavy atom. The number of aromatic amines is 1. The second-order valence-corrected chi connectivity index (χ2v) is 5.61. The molecule has 1 aliphatic heterocycles. The highest BCUT2D eigenvalue weighted by atomic mass is 79.9. The van der Waals surface area contributed by atoms with E-state index >= 15 is 0 Å². The SMILES string of the molecule is OC1Nc2ccccc2-c2[nH]c3ccc(Br)cc3c21. The van der Waals surface area contributed by atoms with E-state index in [0.717, 1.165) is 37.9 Å². The lowest BCUT2D eigenvalue weighted by Gasteiger charge is -2.23. The predicted octanol–water partition coefficient (Wildman–Crippen LogP) is 4.01.